The molecule has 6 nitrogen and oxygen atoms in total. The van der Waals surface area contributed by atoms with E-state index in [-0.39, 0.29) is 12.5 Å². The monoisotopic (exact) mass is 273 g/mol. The summed E-state index contributed by atoms with van der Waals surface area (Å²) in [6.07, 6.45) is -2.19. The van der Waals surface area contributed by atoms with Crippen LogP contribution in [0.5, 0.6) is 11.5 Å². The van der Waals surface area contributed by atoms with E-state index in [4.69, 9.17) is 9.47 Å². The van der Waals surface area contributed by atoms with Gasteiger partial charge in [-0.1, -0.05) is 0 Å². The van der Waals surface area contributed by atoms with Crippen molar-refractivity contribution in [2.75, 3.05) is 19.8 Å². The van der Waals surface area contributed by atoms with Gasteiger partial charge >= 0.3 is 0 Å². The van der Waals surface area contributed by atoms with Crippen LogP contribution in [0.2, 0.25) is 0 Å². The second-order valence-electron chi connectivity index (χ2n) is 3.94. The zero-order valence-electron chi connectivity index (χ0n) is 9.88. The standard InChI is InChI=1S/C11H15NO5S/c1-6(13)12-4-7(14)9(15)11-10-8(5-18-11)16-2-3-17-10/h5,7,9,14-15H,2-4H2,1H3,(H,12,13). The smallest absolute Gasteiger partial charge is 0.216 e. The van der Waals surface area contributed by atoms with Crippen molar-refractivity contribution in [1.29, 1.82) is 0 Å². The highest BCUT2D eigenvalue weighted by molar-refractivity contribution is 7.10. The lowest BCUT2D eigenvalue weighted by Crippen LogP contribution is -2.34. The molecule has 1 amide bonds. The molecule has 100 valence electrons. The SMILES string of the molecule is CC(=O)NCC(O)C(O)c1scc2c1OCCO2. The summed E-state index contributed by atoms with van der Waals surface area (Å²) in [6, 6.07) is 0. The van der Waals surface area contributed by atoms with Crippen LogP contribution in [0.3, 0.4) is 0 Å². The quantitative estimate of drug-likeness (QED) is 0.721. The van der Waals surface area contributed by atoms with Crippen LogP contribution >= 0.6 is 11.3 Å². The number of carbonyl (C=O) groups is 1. The Hall–Kier alpha value is -1.31. The highest BCUT2D eigenvalue weighted by atomic mass is 32.1. The molecule has 1 aromatic rings. The Bertz CT molecular complexity index is 433. The maximum Gasteiger partial charge on any atom is 0.216 e. The third kappa shape index (κ3) is 2.74. The van der Waals surface area contributed by atoms with E-state index in [9.17, 15) is 15.0 Å². The molecule has 0 spiro atoms. The summed E-state index contributed by atoms with van der Waals surface area (Å²) in [5.74, 6) is 0.821. The lowest BCUT2D eigenvalue weighted by molar-refractivity contribution is -0.119. The van der Waals surface area contributed by atoms with Gasteiger partial charge in [0.05, 0.1) is 4.88 Å². The number of ether oxygens (including phenoxy) is 2. The van der Waals surface area contributed by atoms with E-state index < -0.39 is 12.2 Å². The Kier molecular flexibility index (Phi) is 4.05. The van der Waals surface area contributed by atoms with Crippen molar-refractivity contribution in [2.24, 2.45) is 0 Å². The van der Waals surface area contributed by atoms with E-state index >= 15 is 0 Å². The van der Waals surface area contributed by atoms with E-state index in [1.54, 1.807) is 5.38 Å². The molecule has 0 saturated carbocycles. The first kappa shape index (κ1) is 13.1. The van der Waals surface area contributed by atoms with Crippen LogP contribution in [0.25, 0.3) is 0 Å². The molecule has 2 heterocycles. The number of hydrogen-bond donors (Lipinski definition) is 3. The Morgan fingerprint density at radius 2 is 2.22 bits per heavy atom. The summed E-state index contributed by atoms with van der Waals surface area (Å²) in [5, 5.41) is 24.0. The fraction of sp³-hybridized carbons (Fsp3) is 0.545. The molecule has 7 heteroatoms. The van der Waals surface area contributed by atoms with E-state index in [1.165, 1.54) is 18.3 Å². The van der Waals surface area contributed by atoms with Crippen molar-refractivity contribution in [3.05, 3.63) is 10.3 Å². The van der Waals surface area contributed by atoms with E-state index in [0.717, 1.165) is 0 Å². The molecule has 0 aromatic carbocycles. The predicted molar refractivity (Wildman–Crippen MR) is 65.0 cm³/mol. The topological polar surface area (TPSA) is 88.0 Å². The van der Waals surface area contributed by atoms with Crippen molar-refractivity contribution < 1.29 is 24.5 Å². The lowest BCUT2D eigenvalue weighted by Gasteiger charge is -2.20. The Morgan fingerprint density at radius 1 is 1.50 bits per heavy atom. The normalized spacial score (nSPS) is 17.1. The minimum Gasteiger partial charge on any atom is -0.485 e. The van der Waals surface area contributed by atoms with E-state index in [2.05, 4.69) is 5.32 Å². The molecular formula is C11H15NO5S. The fourth-order valence-electron chi connectivity index (χ4n) is 1.62. The molecule has 0 saturated heterocycles. The molecule has 0 radical (unpaired) electrons. The molecule has 0 aliphatic carbocycles. The zero-order valence-corrected chi connectivity index (χ0v) is 10.7. The number of amides is 1. The van der Waals surface area contributed by atoms with Gasteiger partial charge in [0.15, 0.2) is 11.5 Å². The molecule has 1 aliphatic rings. The molecule has 2 unspecified atom stereocenters. The number of aliphatic hydroxyl groups excluding tert-OH is 2. The first-order valence-electron chi connectivity index (χ1n) is 5.57. The van der Waals surface area contributed by atoms with Gasteiger partial charge in [-0.15, -0.1) is 11.3 Å². The lowest BCUT2D eigenvalue weighted by atomic mass is 10.1. The second-order valence-corrected chi connectivity index (χ2v) is 4.85. The van der Waals surface area contributed by atoms with Crippen LogP contribution in [0.1, 0.15) is 17.9 Å². The number of thiophene rings is 1. The van der Waals surface area contributed by atoms with Crippen molar-refractivity contribution in [3.8, 4) is 11.5 Å². The Morgan fingerprint density at radius 3 is 2.94 bits per heavy atom. The molecule has 2 rings (SSSR count). The third-order valence-corrected chi connectivity index (χ3v) is 3.53. The zero-order chi connectivity index (χ0) is 13.1. The van der Waals surface area contributed by atoms with Crippen molar-refractivity contribution >= 4 is 17.2 Å². The van der Waals surface area contributed by atoms with Crippen molar-refractivity contribution in [1.82, 2.24) is 5.32 Å². The molecule has 0 bridgehead atoms. The number of hydrogen-bond acceptors (Lipinski definition) is 6. The van der Waals surface area contributed by atoms with Gasteiger partial charge in [-0.3, -0.25) is 4.79 Å². The van der Waals surface area contributed by atoms with Crippen LogP contribution < -0.4 is 14.8 Å². The minimum absolute atomic E-state index is 0.00989. The van der Waals surface area contributed by atoms with Gasteiger partial charge in [-0.25, -0.2) is 0 Å². The van der Waals surface area contributed by atoms with E-state index in [1.807, 2.05) is 0 Å². The number of nitrogens with one attached hydrogen (secondary N) is 1. The summed E-state index contributed by atoms with van der Waals surface area (Å²) in [7, 11) is 0. The molecule has 18 heavy (non-hydrogen) atoms. The van der Waals surface area contributed by atoms with Gasteiger partial charge in [0.2, 0.25) is 5.91 Å². The third-order valence-electron chi connectivity index (χ3n) is 2.52. The Balaban J connectivity index is 2.06. The maximum absolute atomic E-state index is 10.7. The van der Waals surface area contributed by atoms with Crippen molar-refractivity contribution in [2.45, 2.75) is 19.1 Å². The summed E-state index contributed by atoms with van der Waals surface area (Å²) in [5.41, 5.74) is 0. The number of carbonyl (C=O) groups excluding carboxylic acids is 1. The predicted octanol–water partition coefficient (Wildman–Crippen LogP) is 0.0497. The average molecular weight is 273 g/mol. The van der Waals surface area contributed by atoms with Gasteiger partial charge in [0.25, 0.3) is 0 Å². The van der Waals surface area contributed by atoms with E-state index in [0.29, 0.717) is 29.6 Å². The van der Waals surface area contributed by atoms with Crippen LogP contribution in [-0.4, -0.2) is 42.0 Å². The average Bonchev–Trinajstić information content (AvgIpc) is 2.78. The number of aliphatic hydroxyl groups is 2. The van der Waals surface area contributed by atoms with Gasteiger partial charge in [-0.05, 0) is 0 Å². The second kappa shape index (κ2) is 5.55. The van der Waals surface area contributed by atoms with Crippen LogP contribution in [-0.2, 0) is 4.79 Å². The van der Waals surface area contributed by atoms with Crippen LogP contribution in [0.4, 0.5) is 0 Å². The molecule has 1 aliphatic heterocycles. The minimum atomic E-state index is -1.10. The summed E-state index contributed by atoms with van der Waals surface area (Å²) in [4.78, 5) is 11.3. The van der Waals surface area contributed by atoms with Crippen molar-refractivity contribution in [3.63, 3.8) is 0 Å². The first-order chi connectivity index (χ1) is 8.59. The van der Waals surface area contributed by atoms with Crippen LogP contribution in [0.15, 0.2) is 5.38 Å². The highest BCUT2D eigenvalue weighted by Crippen LogP contribution is 2.43. The largest absolute Gasteiger partial charge is 0.485 e. The maximum atomic E-state index is 10.7. The molecule has 3 N–H and O–H groups in total. The van der Waals surface area contributed by atoms with Gasteiger partial charge in [0, 0.05) is 18.8 Å². The molecule has 1 aromatic heterocycles. The van der Waals surface area contributed by atoms with Gasteiger partial charge in [0.1, 0.15) is 25.4 Å². The first-order valence-corrected chi connectivity index (χ1v) is 6.45. The van der Waals surface area contributed by atoms with Gasteiger partial charge < -0.3 is 25.0 Å². The summed E-state index contributed by atoms with van der Waals surface area (Å²) in [6.45, 7) is 2.24. The Labute approximate surface area is 108 Å². The molecule has 2 atom stereocenters. The summed E-state index contributed by atoms with van der Waals surface area (Å²) >= 11 is 1.26. The molecule has 0 fully saturated rings. The fourth-order valence-corrected chi connectivity index (χ4v) is 2.59. The number of fused-ring (bicyclic) bond motifs is 1. The molecular weight excluding hydrogens is 258 g/mol. The van der Waals surface area contributed by atoms with Gasteiger partial charge in [-0.2, -0.15) is 0 Å². The number of rotatable bonds is 4. The van der Waals surface area contributed by atoms with Crippen LogP contribution in [0, 0.1) is 0 Å². The highest BCUT2D eigenvalue weighted by Gasteiger charge is 2.28. The summed E-state index contributed by atoms with van der Waals surface area (Å²) < 4.78 is 10.8.